The largest absolute Gasteiger partial charge is 0.492 e. The number of benzene rings is 2. The van der Waals surface area contributed by atoms with E-state index in [2.05, 4.69) is 5.32 Å². The van der Waals surface area contributed by atoms with Crippen LogP contribution in [0.1, 0.15) is 30.6 Å². The molecule has 2 amide bonds. The van der Waals surface area contributed by atoms with Crippen molar-refractivity contribution in [3.05, 3.63) is 54.1 Å². The molecular weight excluding hydrogens is 344 g/mol. The molecule has 0 aliphatic carbocycles. The fourth-order valence-electron chi connectivity index (χ4n) is 3.13. The number of carbonyl (C=O) groups excluding carboxylic acids is 3. The van der Waals surface area contributed by atoms with Crippen LogP contribution in [0, 0.1) is 5.92 Å². The molecule has 27 heavy (non-hydrogen) atoms. The number of ketones is 1. The molecular formula is C21H22N2O4. The van der Waals surface area contributed by atoms with E-state index < -0.39 is 5.92 Å². The van der Waals surface area contributed by atoms with Gasteiger partial charge in [0.15, 0.2) is 5.78 Å². The predicted octanol–water partition coefficient (Wildman–Crippen LogP) is 3.28. The van der Waals surface area contributed by atoms with Crippen molar-refractivity contribution in [1.82, 2.24) is 0 Å². The number of hydrogen-bond donors (Lipinski definition) is 1. The standard InChI is InChI=1S/C21H22N2O4/c1-3-27-19-10-5-4-9-18(19)23-13-16(12-20(23)25)21(26)22-17-8-6-7-15(11-17)14(2)24/h4-11,16H,3,12-13H2,1-2H3,(H,22,26)/t16-/m1/s1. The minimum atomic E-state index is -0.465. The maximum absolute atomic E-state index is 12.6. The van der Waals surface area contributed by atoms with E-state index in [-0.39, 0.29) is 24.0 Å². The minimum absolute atomic E-state index is 0.0687. The van der Waals surface area contributed by atoms with Gasteiger partial charge in [-0.2, -0.15) is 0 Å². The predicted molar refractivity (Wildman–Crippen MR) is 103 cm³/mol. The van der Waals surface area contributed by atoms with Crippen molar-refractivity contribution in [2.45, 2.75) is 20.3 Å². The summed E-state index contributed by atoms with van der Waals surface area (Å²) in [7, 11) is 0. The van der Waals surface area contributed by atoms with E-state index >= 15 is 0 Å². The van der Waals surface area contributed by atoms with Crippen LogP contribution in [0.15, 0.2) is 48.5 Å². The number of hydrogen-bond acceptors (Lipinski definition) is 4. The number of nitrogens with one attached hydrogen (secondary N) is 1. The number of anilines is 2. The van der Waals surface area contributed by atoms with Crippen molar-refractivity contribution in [1.29, 1.82) is 0 Å². The topological polar surface area (TPSA) is 75.7 Å². The lowest BCUT2D eigenvalue weighted by Crippen LogP contribution is -2.28. The smallest absolute Gasteiger partial charge is 0.229 e. The Morgan fingerprint density at radius 1 is 1.19 bits per heavy atom. The van der Waals surface area contributed by atoms with Gasteiger partial charge in [0, 0.05) is 24.2 Å². The monoisotopic (exact) mass is 366 g/mol. The fourth-order valence-corrected chi connectivity index (χ4v) is 3.13. The van der Waals surface area contributed by atoms with Crippen molar-refractivity contribution in [2.24, 2.45) is 5.92 Å². The molecule has 0 aromatic heterocycles. The van der Waals surface area contributed by atoms with Gasteiger partial charge >= 0.3 is 0 Å². The van der Waals surface area contributed by atoms with Gasteiger partial charge in [-0.15, -0.1) is 0 Å². The summed E-state index contributed by atoms with van der Waals surface area (Å²) in [4.78, 5) is 38.2. The zero-order valence-corrected chi connectivity index (χ0v) is 15.4. The third-order valence-electron chi connectivity index (χ3n) is 4.49. The average molecular weight is 366 g/mol. The van der Waals surface area contributed by atoms with Crippen LogP contribution < -0.4 is 15.0 Å². The third-order valence-corrected chi connectivity index (χ3v) is 4.49. The van der Waals surface area contributed by atoms with Crippen LogP contribution in [0.3, 0.4) is 0 Å². The summed E-state index contributed by atoms with van der Waals surface area (Å²) in [5.74, 6) is -0.252. The molecule has 1 N–H and O–H groups in total. The van der Waals surface area contributed by atoms with Gasteiger partial charge in [0.05, 0.1) is 18.2 Å². The summed E-state index contributed by atoms with van der Waals surface area (Å²) >= 11 is 0. The van der Waals surface area contributed by atoms with Gasteiger partial charge in [-0.25, -0.2) is 0 Å². The van der Waals surface area contributed by atoms with Crippen LogP contribution in [-0.2, 0) is 9.59 Å². The normalized spacial score (nSPS) is 16.3. The van der Waals surface area contributed by atoms with Crippen molar-refractivity contribution in [2.75, 3.05) is 23.4 Å². The molecule has 0 unspecified atom stereocenters. The Hall–Kier alpha value is -3.15. The van der Waals surface area contributed by atoms with Gasteiger partial charge < -0.3 is 15.0 Å². The fraction of sp³-hybridized carbons (Fsp3) is 0.286. The number of amides is 2. The van der Waals surface area contributed by atoms with Crippen LogP contribution in [0.5, 0.6) is 5.75 Å². The van der Waals surface area contributed by atoms with Gasteiger partial charge in [-0.1, -0.05) is 24.3 Å². The molecule has 1 aliphatic heterocycles. The lowest BCUT2D eigenvalue weighted by atomic mass is 10.1. The van der Waals surface area contributed by atoms with Crippen LogP contribution in [0.4, 0.5) is 11.4 Å². The van der Waals surface area contributed by atoms with Crippen LogP contribution in [-0.4, -0.2) is 30.7 Å². The highest BCUT2D eigenvalue weighted by Gasteiger charge is 2.36. The highest BCUT2D eigenvalue weighted by atomic mass is 16.5. The van der Waals surface area contributed by atoms with E-state index in [4.69, 9.17) is 4.74 Å². The molecule has 1 atom stereocenters. The van der Waals surface area contributed by atoms with Gasteiger partial charge in [0.1, 0.15) is 5.75 Å². The van der Waals surface area contributed by atoms with Crippen molar-refractivity contribution in [3.63, 3.8) is 0 Å². The number of Topliss-reactive ketones (excluding diaryl/α,β-unsaturated/α-hetero) is 1. The summed E-state index contributed by atoms with van der Waals surface area (Å²) in [6.45, 7) is 4.15. The summed E-state index contributed by atoms with van der Waals surface area (Å²) in [5.41, 5.74) is 1.76. The quantitative estimate of drug-likeness (QED) is 0.796. The highest BCUT2D eigenvalue weighted by molar-refractivity contribution is 6.04. The number of rotatable bonds is 6. The van der Waals surface area contributed by atoms with Crippen LogP contribution >= 0.6 is 0 Å². The summed E-state index contributed by atoms with van der Waals surface area (Å²) in [5, 5.41) is 2.81. The Balaban J connectivity index is 1.73. The first-order valence-corrected chi connectivity index (χ1v) is 8.93. The molecule has 2 aromatic rings. The van der Waals surface area contributed by atoms with Crippen LogP contribution in [0.25, 0.3) is 0 Å². The van der Waals surface area contributed by atoms with Crippen LogP contribution in [0.2, 0.25) is 0 Å². The molecule has 3 rings (SSSR count). The van der Waals surface area contributed by atoms with Gasteiger partial charge in [0.2, 0.25) is 11.8 Å². The molecule has 2 aromatic carbocycles. The van der Waals surface area contributed by atoms with E-state index in [9.17, 15) is 14.4 Å². The Labute approximate surface area is 158 Å². The first-order chi connectivity index (χ1) is 13.0. The van der Waals surface area contributed by atoms with E-state index in [1.807, 2.05) is 31.2 Å². The Bertz CT molecular complexity index is 878. The molecule has 1 aliphatic rings. The molecule has 0 saturated carbocycles. The van der Waals surface area contributed by atoms with E-state index in [1.54, 1.807) is 29.2 Å². The summed E-state index contributed by atoms with van der Waals surface area (Å²) in [6, 6.07) is 14.1. The maximum atomic E-state index is 12.6. The molecule has 0 bridgehead atoms. The zero-order valence-electron chi connectivity index (χ0n) is 15.4. The Morgan fingerprint density at radius 3 is 2.70 bits per heavy atom. The number of ether oxygens (including phenoxy) is 1. The second-order valence-corrected chi connectivity index (χ2v) is 6.43. The Morgan fingerprint density at radius 2 is 1.96 bits per heavy atom. The second kappa shape index (κ2) is 8.03. The second-order valence-electron chi connectivity index (χ2n) is 6.43. The number of nitrogens with zero attached hydrogens (tertiary/aromatic N) is 1. The molecule has 6 heteroatoms. The molecule has 0 spiro atoms. The van der Waals surface area contributed by atoms with E-state index in [0.717, 1.165) is 0 Å². The Kier molecular flexibility index (Phi) is 5.54. The lowest BCUT2D eigenvalue weighted by Gasteiger charge is -2.20. The molecule has 1 fully saturated rings. The molecule has 6 nitrogen and oxygen atoms in total. The van der Waals surface area contributed by atoms with Crippen molar-refractivity contribution >= 4 is 29.0 Å². The number of para-hydroxylation sites is 2. The molecule has 0 radical (unpaired) electrons. The zero-order chi connectivity index (χ0) is 19.4. The average Bonchev–Trinajstić information content (AvgIpc) is 3.04. The summed E-state index contributed by atoms with van der Waals surface area (Å²) < 4.78 is 5.60. The first kappa shape index (κ1) is 18.6. The lowest BCUT2D eigenvalue weighted by molar-refractivity contribution is -0.122. The maximum Gasteiger partial charge on any atom is 0.229 e. The molecule has 1 saturated heterocycles. The van der Waals surface area contributed by atoms with Gasteiger partial charge in [-0.3, -0.25) is 14.4 Å². The highest BCUT2D eigenvalue weighted by Crippen LogP contribution is 2.33. The van der Waals surface area contributed by atoms with Gasteiger partial charge in [-0.05, 0) is 38.1 Å². The minimum Gasteiger partial charge on any atom is -0.492 e. The van der Waals surface area contributed by atoms with Gasteiger partial charge in [0.25, 0.3) is 0 Å². The SMILES string of the molecule is CCOc1ccccc1N1C[C@H](C(=O)Nc2cccc(C(C)=O)c2)CC1=O. The van der Waals surface area contributed by atoms with Crippen molar-refractivity contribution < 1.29 is 19.1 Å². The number of carbonyl (C=O) groups is 3. The third kappa shape index (κ3) is 4.16. The summed E-state index contributed by atoms with van der Waals surface area (Å²) in [6.07, 6.45) is 0.138. The molecule has 1 heterocycles. The van der Waals surface area contributed by atoms with Crippen molar-refractivity contribution in [3.8, 4) is 5.75 Å². The van der Waals surface area contributed by atoms with E-state index in [1.165, 1.54) is 6.92 Å². The first-order valence-electron chi connectivity index (χ1n) is 8.93. The molecule has 140 valence electrons. The van der Waals surface area contributed by atoms with E-state index in [0.29, 0.717) is 35.8 Å².